The van der Waals surface area contributed by atoms with Gasteiger partial charge in [0.05, 0.1) is 19.8 Å². The van der Waals surface area contributed by atoms with Gasteiger partial charge in [0.1, 0.15) is 5.75 Å². The highest BCUT2D eigenvalue weighted by Gasteiger charge is 2.10. The van der Waals surface area contributed by atoms with E-state index in [1.54, 1.807) is 26.1 Å². The number of hydrogen-bond donors (Lipinski definition) is 3. The maximum absolute atomic E-state index is 12.1. The van der Waals surface area contributed by atoms with E-state index < -0.39 is 6.10 Å². The summed E-state index contributed by atoms with van der Waals surface area (Å²) in [5.74, 6) is 1.33. The minimum absolute atomic E-state index is 0. The van der Waals surface area contributed by atoms with Crippen LogP contribution in [-0.2, 0) is 6.42 Å². The van der Waals surface area contributed by atoms with Gasteiger partial charge in [-0.1, -0.05) is 24.3 Å². The molecule has 2 aromatic carbocycles. The number of halogens is 1. The Kier molecular flexibility index (Phi) is 11.9. The molecule has 0 aliphatic rings. The second kappa shape index (κ2) is 13.9. The zero-order valence-corrected chi connectivity index (χ0v) is 20.9. The second-order valence-electron chi connectivity index (χ2n) is 7.09. The topological polar surface area (TPSA) is 86.2 Å². The third kappa shape index (κ3) is 8.74. The Labute approximate surface area is 201 Å². The van der Waals surface area contributed by atoms with Crippen LogP contribution in [0.15, 0.2) is 53.5 Å². The Balaban J connectivity index is 0.00000480. The first-order valence-electron chi connectivity index (χ1n) is 10.1. The van der Waals surface area contributed by atoms with E-state index in [4.69, 9.17) is 4.74 Å². The van der Waals surface area contributed by atoms with E-state index in [1.165, 1.54) is 0 Å². The number of benzene rings is 2. The van der Waals surface area contributed by atoms with Gasteiger partial charge >= 0.3 is 0 Å². The van der Waals surface area contributed by atoms with E-state index in [0.717, 1.165) is 17.5 Å². The molecule has 1 unspecified atom stereocenters. The quantitative estimate of drug-likeness (QED) is 0.259. The van der Waals surface area contributed by atoms with Crippen LogP contribution in [0, 0.1) is 0 Å². The monoisotopic (exact) mass is 540 g/mol. The molecule has 2 aromatic rings. The van der Waals surface area contributed by atoms with Crippen molar-refractivity contribution in [1.29, 1.82) is 0 Å². The van der Waals surface area contributed by atoms with Crippen molar-refractivity contribution in [2.75, 3.05) is 40.8 Å². The predicted molar refractivity (Wildman–Crippen MR) is 136 cm³/mol. The van der Waals surface area contributed by atoms with Crippen LogP contribution in [0.5, 0.6) is 5.75 Å². The third-order valence-corrected chi connectivity index (χ3v) is 4.53. The van der Waals surface area contributed by atoms with Crippen LogP contribution >= 0.6 is 24.0 Å². The van der Waals surface area contributed by atoms with Crippen LogP contribution in [0.1, 0.15) is 34.5 Å². The van der Waals surface area contributed by atoms with Crippen molar-refractivity contribution < 1.29 is 14.6 Å². The van der Waals surface area contributed by atoms with Crippen molar-refractivity contribution in [3.05, 3.63) is 65.2 Å². The molecule has 2 rings (SSSR count). The predicted octanol–water partition coefficient (Wildman–Crippen LogP) is 2.85. The Morgan fingerprint density at radius 1 is 1.16 bits per heavy atom. The summed E-state index contributed by atoms with van der Waals surface area (Å²) < 4.78 is 5.21. The number of nitrogens with one attached hydrogen (secondary N) is 2. The third-order valence-electron chi connectivity index (χ3n) is 4.53. The van der Waals surface area contributed by atoms with Gasteiger partial charge in [-0.15, -0.1) is 24.0 Å². The van der Waals surface area contributed by atoms with Crippen LogP contribution in [-0.4, -0.2) is 62.7 Å². The molecule has 0 aromatic heterocycles. The van der Waals surface area contributed by atoms with E-state index in [9.17, 15) is 9.90 Å². The molecular formula is C23H33IN4O3. The van der Waals surface area contributed by atoms with E-state index in [-0.39, 0.29) is 36.4 Å². The number of aliphatic hydroxyl groups excluding tert-OH is 1. The lowest BCUT2D eigenvalue weighted by molar-refractivity contribution is 0.0827. The molecule has 0 aliphatic heterocycles. The van der Waals surface area contributed by atoms with E-state index in [0.29, 0.717) is 30.4 Å². The van der Waals surface area contributed by atoms with Gasteiger partial charge < -0.3 is 25.4 Å². The average Bonchev–Trinajstić information content (AvgIpc) is 2.76. The lowest BCUT2D eigenvalue weighted by Gasteiger charge is -2.14. The number of methoxy groups -OCH3 is 1. The number of amides is 1. The number of aliphatic imine (C=N–C) groups is 1. The molecule has 1 atom stereocenters. The Bertz CT molecular complexity index is 858. The van der Waals surface area contributed by atoms with Gasteiger partial charge in [0.25, 0.3) is 5.91 Å². The number of nitrogens with zero attached hydrogens (tertiary/aromatic N) is 2. The van der Waals surface area contributed by atoms with E-state index in [1.807, 2.05) is 55.5 Å². The lowest BCUT2D eigenvalue weighted by Crippen LogP contribution is -2.38. The number of ether oxygens (including phenoxy) is 1. The molecule has 0 heterocycles. The molecule has 3 N–H and O–H groups in total. The van der Waals surface area contributed by atoms with Gasteiger partial charge in [0.2, 0.25) is 0 Å². The molecule has 170 valence electrons. The summed E-state index contributed by atoms with van der Waals surface area (Å²) in [5.41, 5.74) is 2.51. The summed E-state index contributed by atoms with van der Waals surface area (Å²) in [6.07, 6.45) is 0.0292. The summed E-state index contributed by atoms with van der Waals surface area (Å²) in [4.78, 5) is 18.2. The number of carbonyl (C=O) groups is 1. The highest BCUT2D eigenvalue weighted by molar-refractivity contribution is 14.0. The lowest BCUT2D eigenvalue weighted by atomic mass is 10.1. The number of rotatable bonds is 9. The SMILES string of the molecule is CCNC(=NCC(O)c1cccc(OC)c1)NCCc1cccc(C(=O)N(C)C)c1.I. The maximum Gasteiger partial charge on any atom is 0.253 e. The van der Waals surface area contributed by atoms with Gasteiger partial charge in [-0.05, 0) is 48.7 Å². The van der Waals surface area contributed by atoms with Crippen LogP contribution in [0.2, 0.25) is 0 Å². The number of carbonyl (C=O) groups excluding carboxylic acids is 1. The fraction of sp³-hybridized carbons (Fsp3) is 0.391. The Morgan fingerprint density at radius 2 is 1.90 bits per heavy atom. The van der Waals surface area contributed by atoms with Crippen LogP contribution in [0.3, 0.4) is 0 Å². The molecule has 0 radical (unpaired) electrons. The van der Waals surface area contributed by atoms with Crippen LogP contribution in [0.4, 0.5) is 0 Å². The first-order chi connectivity index (χ1) is 14.4. The van der Waals surface area contributed by atoms with Crippen molar-refractivity contribution in [2.24, 2.45) is 4.99 Å². The molecule has 7 nitrogen and oxygen atoms in total. The van der Waals surface area contributed by atoms with Crippen molar-refractivity contribution in [2.45, 2.75) is 19.4 Å². The fourth-order valence-electron chi connectivity index (χ4n) is 2.92. The van der Waals surface area contributed by atoms with E-state index >= 15 is 0 Å². The first-order valence-corrected chi connectivity index (χ1v) is 10.1. The highest BCUT2D eigenvalue weighted by atomic mass is 127. The maximum atomic E-state index is 12.1. The molecule has 0 bridgehead atoms. The Morgan fingerprint density at radius 3 is 2.58 bits per heavy atom. The molecule has 8 heteroatoms. The summed E-state index contributed by atoms with van der Waals surface area (Å²) >= 11 is 0. The standard InChI is InChI=1S/C23H32N4O3.HI/c1-5-24-23(26-16-21(28)18-9-7-11-20(15-18)30-4)25-13-12-17-8-6-10-19(14-17)22(29)27(2)3;/h6-11,14-15,21,28H,5,12-13,16H2,1-4H3,(H2,24,25,26);1H. The fourth-order valence-corrected chi connectivity index (χ4v) is 2.92. The molecule has 0 aliphatic carbocycles. The minimum Gasteiger partial charge on any atom is -0.497 e. The molecule has 0 saturated carbocycles. The van der Waals surface area contributed by atoms with Crippen LogP contribution in [0.25, 0.3) is 0 Å². The summed E-state index contributed by atoms with van der Waals surface area (Å²) in [6, 6.07) is 15.0. The van der Waals surface area contributed by atoms with Gasteiger partial charge in [-0.25, -0.2) is 0 Å². The highest BCUT2D eigenvalue weighted by Crippen LogP contribution is 2.19. The first kappa shape index (κ1) is 26.7. The van der Waals surface area contributed by atoms with Gasteiger partial charge in [0.15, 0.2) is 5.96 Å². The minimum atomic E-state index is -0.718. The van der Waals surface area contributed by atoms with Gasteiger partial charge in [0, 0.05) is 32.7 Å². The van der Waals surface area contributed by atoms with Gasteiger partial charge in [-0.3, -0.25) is 9.79 Å². The van der Waals surface area contributed by atoms with Crippen molar-refractivity contribution in [3.8, 4) is 5.75 Å². The molecule has 0 fully saturated rings. The molecule has 31 heavy (non-hydrogen) atoms. The summed E-state index contributed by atoms with van der Waals surface area (Å²) in [7, 11) is 5.09. The van der Waals surface area contributed by atoms with Crippen LogP contribution < -0.4 is 15.4 Å². The molecule has 0 saturated heterocycles. The number of hydrogen-bond acceptors (Lipinski definition) is 4. The normalized spacial score (nSPS) is 11.8. The second-order valence-corrected chi connectivity index (χ2v) is 7.09. The summed E-state index contributed by atoms with van der Waals surface area (Å²) in [5, 5.41) is 16.9. The Hall–Kier alpha value is -2.33. The number of aliphatic hydroxyl groups is 1. The van der Waals surface area contributed by atoms with Crippen molar-refractivity contribution in [1.82, 2.24) is 15.5 Å². The smallest absolute Gasteiger partial charge is 0.253 e. The zero-order valence-electron chi connectivity index (χ0n) is 18.6. The largest absolute Gasteiger partial charge is 0.497 e. The zero-order chi connectivity index (χ0) is 21.9. The van der Waals surface area contributed by atoms with E-state index in [2.05, 4.69) is 15.6 Å². The van der Waals surface area contributed by atoms with Crippen molar-refractivity contribution in [3.63, 3.8) is 0 Å². The molecule has 1 amide bonds. The molecular weight excluding hydrogens is 507 g/mol. The van der Waals surface area contributed by atoms with Crippen molar-refractivity contribution >= 4 is 35.8 Å². The van der Waals surface area contributed by atoms with Gasteiger partial charge in [-0.2, -0.15) is 0 Å². The average molecular weight is 540 g/mol. The number of guanidine groups is 1. The molecule has 0 spiro atoms. The summed E-state index contributed by atoms with van der Waals surface area (Å²) in [6.45, 7) is 3.59.